The molecule has 1 aromatic heterocycles. The molecule has 0 aliphatic carbocycles. The van der Waals surface area contributed by atoms with E-state index in [1.165, 1.54) is 11.1 Å². The SMILES string of the molecule is COc1ccc(CCN2C(=O)C(C)(C)N(Cc3ncc[nH]3)C2c2ccc(C(C)(C)C)cc2)cc1. The van der Waals surface area contributed by atoms with Crippen molar-refractivity contribution >= 4 is 5.91 Å². The lowest BCUT2D eigenvalue weighted by atomic mass is 9.86. The molecule has 2 heterocycles. The molecular formula is C28H36N4O2. The summed E-state index contributed by atoms with van der Waals surface area (Å²) in [4.78, 5) is 25.7. The lowest BCUT2D eigenvalue weighted by Crippen LogP contribution is -2.43. The number of rotatable bonds is 7. The molecular weight excluding hydrogens is 424 g/mol. The summed E-state index contributed by atoms with van der Waals surface area (Å²) in [5.74, 6) is 1.83. The van der Waals surface area contributed by atoms with Gasteiger partial charge in [0, 0.05) is 18.9 Å². The van der Waals surface area contributed by atoms with Gasteiger partial charge in [-0.3, -0.25) is 9.69 Å². The third kappa shape index (κ3) is 4.73. The Balaban J connectivity index is 1.67. The van der Waals surface area contributed by atoms with Crippen LogP contribution in [0.4, 0.5) is 0 Å². The van der Waals surface area contributed by atoms with E-state index in [9.17, 15) is 4.79 Å². The number of aromatic amines is 1. The predicted molar refractivity (Wildman–Crippen MR) is 135 cm³/mol. The molecule has 1 aliphatic rings. The minimum Gasteiger partial charge on any atom is -0.497 e. The number of ether oxygens (including phenoxy) is 1. The first-order valence-electron chi connectivity index (χ1n) is 11.9. The van der Waals surface area contributed by atoms with Gasteiger partial charge in [0.15, 0.2) is 0 Å². The van der Waals surface area contributed by atoms with Crippen LogP contribution in [0.3, 0.4) is 0 Å². The highest BCUT2D eigenvalue weighted by atomic mass is 16.5. The van der Waals surface area contributed by atoms with Crippen LogP contribution in [0.5, 0.6) is 5.75 Å². The molecule has 1 aliphatic heterocycles. The van der Waals surface area contributed by atoms with Gasteiger partial charge in [-0.15, -0.1) is 0 Å². The summed E-state index contributed by atoms with van der Waals surface area (Å²) in [6, 6.07) is 16.8. The van der Waals surface area contributed by atoms with Crippen molar-refractivity contribution in [3.05, 3.63) is 83.4 Å². The predicted octanol–water partition coefficient (Wildman–Crippen LogP) is 5.08. The van der Waals surface area contributed by atoms with Crippen molar-refractivity contribution in [3.8, 4) is 5.75 Å². The van der Waals surface area contributed by atoms with Crippen LogP contribution in [0.2, 0.25) is 0 Å². The van der Waals surface area contributed by atoms with Crippen molar-refractivity contribution < 1.29 is 9.53 Å². The minimum absolute atomic E-state index is 0.0746. The summed E-state index contributed by atoms with van der Waals surface area (Å²) in [6.07, 6.45) is 4.19. The van der Waals surface area contributed by atoms with Crippen LogP contribution in [0.25, 0.3) is 0 Å². The van der Waals surface area contributed by atoms with Crippen molar-refractivity contribution in [2.45, 2.75) is 64.7 Å². The zero-order valence-corrected chi connectivity index (χ0v) is 21.1. The van der Waals surface area contributed by atoms with Gasteiger partial charge in [0.05, 0.1) is 19.2 Å². The maximum atomic E-state index is 13.7. The molecule has 6 heteroatoms. The van der Waals surface area contributed by atoms with Crippen LogP contribution < -0.4 is 4.74 Å². The zero-order chi connectivity index (χ0) is 24.5. The van der Waals surface area contributed by atoms with Crippen LogP contribution in [-0.4, -0.2) is 44.9 Å². The average molecular weight is 461 g/mol. The molecule has 1 amide bonds. The number of H-pyrrole nitrogens is 1. The van der Waals surface area contributed by atoms with Gasteiger partial charge in [-0.05, 0) is 54.5 Å². The molecule has 1 saturated heterocycles. The zero-order valence-electron chi connectivity index (χ0n) is 21.1. The molecule has 1 fully saturated rings. The van der Waals surface area contributed by atoms with Gasteiger partial charge < -0.3 is 14.6 Å². The Kier molecular flexibility index (Phi) is 6.54. The highest BCUT2D eigenvalue weighted by molar-refractivity contribution is 5.88. The van der Waals surface area contributed by atoms with Crippen LogP contribution in [0, 0.1) is 0 Å². The third-order valence-corrected chi connectivity index (χ3v) is 6.84. The van der Waals surface area contributed by atoms with E-state index in [1.807, 2.05) is 37.1 Å². The molecule has 2 aromatic carbocycles. The van der Waals surface area contributed by atoms with Crippen molar-refractivity contribution in [2.24, 2.45) is 0 Å². The minimum atomic E-state index is -0.653. The number of nitrogens with zero attached hydrogens (tertiary/aromatic N) is 3. The summed E-state index contributed by atoms with van der Waals surface area (Å²) < 4.78 is 5.28. The molecule has 1 unspecified atom stereocenters. The highest BCUT2D eigenvalue weighted by Crippen LogP contribution is 2.41. The Morgan fingerprint density at radius 1 is 1.06 bits per heavy atom. The Hall–Kier alpha value is -3.12. The number of hydrogen-bond acceptors (Lipinski definition) is 4. The monoisotopic (exact) mass is 460 g/mol. The van der Waals surface area contributed by atoms with E-state index in [4.69, 9.17) is 4.74 Å². The summed E-state index contributed by atoms with van der Waals surface area (Å²) in [6.45, 7) is 11.9. The standard InChI is InChI=1S/C28H36N4O2/c1-27(2,3)22-11-9-21(10-12-22)25-31(18-15-20-7-13-23(34-6)14-8-20)26(33)28(4,5)32(25)19-24-29-16-17-30-24/h7-14,16-17,25H,15,18-19H2,1-6H3,(H,29,30). The summed E-state index contributed by atoms with van der Waals surface area (Å²) in [5, 5.41) is 0. The molecule has 0 spiro atoms. The van der Waals surface area contributed by atoms with E-state index in [0.717, 1.165) is 23.6 Å². The smallest absolute Gasteiger partial charge is 0.244 e. The maximum absolute atomic E-state index is 13.7. The van der Waals surface area contributed by atoms with E-state index in [2.05, 4.69) is 72.0 Å². The number of benzene rings is 2. The van der Waals surface area contributed by atoms with Gasteiger partial charge >= 0.3 is 0 Å². The normalized spacial score (nSPS) is 18.5. The summed E-state index contributed by atoms with van der Waals surface area (Å²) in [7, 11) is 1.67. The van der Waals surface area contributed by atoms with Gasteiger partial charge in [-0.25, -0.2) is 4.98 Å². The largest absolute Gasteiger partial charge is 0.497 e. The number of carbonyl (C=O) groups excluding carboxylic acids is 1. The van der Waals surface area contributed by atoms with Crippen LogP contribution in [0.15, 0.2) is 60.9 Å². The molecule has 34 heavy (non-hydrogen) atoms. The number of methoxy groups -OCH3 is 1. The van der Waals surface area contributed by atoms with Gasteiger partial charge in [0.25, 0.3) is 0 Å². The first kappa shape index (κ1) is 24.0. The molecule has 4 rings (SSSR count). The fourth-order valence-corrected chi connectivity index (χ4v) is 4.67. The van der Waals surface area contributed by atoms with E-state index in [0.29, 0.717) is 13.1 Å². The van der Waals surface area contributed by atoms with Gasteiger partial charge in [0.1, 0.15) is 17.7 Å². The van der Waals surface area contributed by atoms with E-state index >= 15 is 0 Å². The Labute approximate surface area is 203 Å². The van der Waals surface area contributed by atoms with Crippen molar-refractivity contribution in [2.75, 3.05) is 13.7 Å². The number of imidazole rings is 1. The molecule has 0 saturated carbocycles. The highest BCUT2D eigenvalue weighted by Gasteiger charge is 2.52. The fraction of sp³-hybridized carbons (Fsp3) is 0.429. The first-order valence-corrected chi connectivity index (χ1v) is 11.9. The lowest BCUT2D eigenvalue weighted by Gasteiger charge is -2.34. The van der Waals surface area contributed by atoms with Crippen LogP contribution in [-0.2, 0) is 23.2 Å². The Morgan fingerprint density at radius 2 is 1.74 bits per heavy atom. The van der Waals surface area contributed by atoms with Crippen molar-refractivity contribution in [1.29, 1.82) is 0 Å². The first-order chi connectivity index (χ1) is 16.1. The van der Waals surface area contributed by atoms with E-state index in [-0.39, 0.29) is 17.5 Å². The number of nitrogens with one attached hydrogen (secondary N) is 1. The quantitative estimate of drug-likeness (QED) is 0.534. The molecule has 3 aromatic rings. The molecule has 1 N–H and O–H groups in total. The summed E-state index contributed by atoms with van der Waals surface area (Å²) >= 11 is 0. The second-order valence-electron chi connectivity index (χ2n) is 10.6. The lowest BCUT2D eigenvalue weighted by molar-refractivity contribution is -0.132. The molecule has 6 nitrogen and oxygen atoms in total. The van der Waals surface area contributed by atoms with Crippen molar-refractivity contribution in [1.82, 2.24) is 19.8 Å². The Morgan fingerprint density at radius 3 is 2.29 bits per heavy atom. The number of hydrogen-bond donors (Lipinski definition) is 1. The average Bonchev–Trinajstić information content (AvgIpc) is 3.39. The van der Waals surface area contributed by atoms with Gasteiger partial charge in [-0.1, -0.05) is 57.2 Å². The molecule has 1 atom stereocenters. The second kappa shape index (κ2) is 9.26. The molecule has 0 radical (unpaired) electrons. The van der Waals surface area contributed by atoms with Crippen LogP contribution in [0.1, 0.15) is 63.3 Å². The Bertz CT molecular complexity index is 1100. The van der Waals surface area contributed by atoms with Crippen molar-refractivity contribution in [3.63, 3.8) is 0 Å². The van der Waals surface area contributed by atoms with Gasteiger partial charge in [-0.2, -0.15) is 0 Å². The number of aromatic nitrogens is 2. The topological polar surface area (TPSA) is 61.5 Å². The third-order valence-electron chi connectivity index (χ3n) is 6.84. The number of amides is 1. The van der Waals surface area contributed by atoms with E-state index in [1.54, 1.807) is 13.3 Å². The van der Waals surface area contributed by atoms with Gasteiger partial charge in [0.2, 0.25) is 5.91 Å². The number of carbonyl (C=O) groups is 1. The summed E-state index contributed by atoms with van der Waals surface area (Å²) in [5.41, 5.74) is 3.00. The van der Waals surface area contributed by atoms with E-state index < -0.39 is 5.54 Å². The second-order valence-corrected chi connectivity index (χ2v) is 10.6. The fourth-order valence-electron chi connectivity index (χ4n) is 4.67. The van der Waals surface area contributed by atoms with Crippen LogP contribution >= 0.6 is 0 Å². The molecule has 0 bridgehead atoms. The molecule has 180 valence electrons. The maximum Gasteiger partial charge on any atom is 0.244 e.